The molecule has 3 amide bonds. The Hall–Kier alpha value is -3.62. The van der Waals surface area contributed by atoms with Gasteiger partial charge in [-0.3, -0.25) is 14.9 Å². The standard InChI is InChI=1S/C23H29N5O4/c1-3-25(4-2)22(29)19-7-5-18(6-8-19)17-24-23(30)27-15-13-26(14-16-27)20-9-11-21(12-10-20)28(31)32/h5-12H,3-4,13-17H2,1-2H3,(H,24,30). The van der Waals surface area contributed by atoms with Crippen LogP contribution >= 0.6 is 0 Å². The van der Waals surface area contributed by atoms with E-state index >= 15 is 0 Å². The van der Waals surface area contributed by atoms with E-state index in [2.05, 4.69) is 10.2 Å². The molecule has 1 heterocycles. The van der Waals surface area contributed by atoms with Crippen LogP contribution in [0, 0.1) is 10.1 Å². The number of anilines is 1. The molecule has 2 aromatic carbocycles. The highest BCUT2D eigenvalue weighted by Gasteiger charge is 2.21. The fourth-order valence-electron chi connectivity index (χ4n) is 3.70. The molecule has 0 aromatic heterocycles. The van der Waals surface area contributed by atoms with Crippen molar-refractivity contribution in [2.75, 3.05) is 44.2 Å². The Balaban J connectivity index is 1.47. The van der Waals surface area contributed by atoms with Crippen LogP contribution in [-0.4, -0.2) is 65.9 Å². The summed E-state index contributed by atoms with van der Waals surface area (Å²) in [5.74, 6) is 0.0106. The van der Waals surface area contributed by atoms with Gasteiger partial charge in [0.2, 0.25) is 0 Å². The summed E-state index contributed by atoms with van der Waals surface area (Å²) in [6.45, 7) is 8.10. The van der Waals surface area contributed by atoms with Gasteiger partial charge in [0, 0.05) is 69.2 Å². The van der Waals surface area contributed by atoms with Gasteiger partial charge in [0.1, 0.15) is 0 Å². The second kappa shape index (κ2) is 10.6. The number of non-ortho nitro benzene ring substituents is 1. The first-order valence-electron chi connectivity index (χ1n) is 10.8. The Labute approximate surface area is 187 Å². The minimum Gasteiger partial charge on any atom is -0.368 e. The van der Waals surface area contributed by atoms with Crippen molar-refractivity contribution >= 4 is 23.3 Å². The van der Waals surface area contributed by atoms with E-state index in [4.69, 9.17) is 0 Å². The molecule has 170 valence electrons. The normalized spacial score (nSPS) is 13.6. The molecule has 0 spiro atoms. The zero-order chi connectivity index (χ0) is 23.1. The van der Waals surface area contributed by atoms with Gasteiger partial charge in [-0.05, 0) is 43.7 Å². The first-order valence-corrected chi connectivity index (χ1v) is 10.8. The smallest absolute Gasteiger partial charge is 0.317 e. The maximum absolute atomic E-state index is 12.5. The van der Waals surface area contributed by atoms with Crippen molar-refractivity contribution < 1.29 is 14.5 Å². The molecule has 9 heteroatoms. The molecule has 1 N–H and O–H groups in total. The third-order valence-electron chi connectivity index (χ3n) is 5.69. The number of rotatable bonds is 7. The second-order valence-electron chi connectivity index (χ2n) is 7.58. The van der Waals surface area contributed by atoms with Crippen molar-refractivity contribution in [2.45, 2.75) is 20.4 Å². The van der Waals surface area contributed by atoms with E-state index in [1.807, 2.05) is 26.0 Å². The topological polar surface area (TPSA) is 99.0 Å². The van der Waals surface area contributed by atoms with Gasteiger partial charge >= 0.3 is 6.03 Å². The average molecular weight is 440 g/mol. The van der Waals surface area contributed by atoms with Gasteiger partial charge in [-0.25, -0.2) is 4.79 Å². The molecule has 2 aromatic rings. The molecule has 0 atom stereocenters. The van der Waals surface area contributed by atoms with Crippen molar-refractivity contribution in [3.63, 3.8) is 0 Å². The summed E-state index contributed by atoms with van der Waals surface area (Å²) in [6, 6.07) is 13.7. The largest absolute Gasteiger partial charge is 0.368 e. The number of nitro benzene ring substituents is 1. The van der Waals surface area contributed by atoms with Gasteiger partial charge in [-0.1, -0.05) is 12.1 Å². The van der Waals surface area contributed by atoms with Crippen LogP contribution < -0.4 is 10.2 Å². The molecular weight excluding hydrogens is 410 g/mol. The Morgan fingerprint density at radius 2 is 1.56 bits per heavy atom. The molecule has 1 saturated heterocycles. The monoisotopic (exact) mass is 439 g/mol. The minimum atomic E-state index is -0.414. The van der Waals surface area contributed by atoms with Crippen LogP contribution in [0.1, 0.15) is 29.8 Å². The third-order valence-corrected chi connectivity index (χ3v) is 5.69. The molecule has 1 fully saturated rings. The van der Waals surface area contributed by atoms with Gasteiger partial charge in [-0.2, -0.15) is 0 Å². The molecule has 1 aliphatic heterocycles. The van der Waals surface area contributed by atoms with Crippen LogP contribution in [0.15, 0.2) is 48.5 Å². The van der Waals surface area contributed by atoms with Crippen LogP contribution in [0.3, 0.4) is 0 Å². The summed E-state index contributed by atoms with van der Waals surface area (Å²) in [4.78, 5) is 40.9. The first-order chi connectivity index (χ1) is 15.4. The van der Waals surface area contributed by atoms with Gasteiger partial charge in [0.15, 0.2) is 0 Å². The lowest BCUT2D eigenvalue weighted by molar-refractivity contribution is -0.384. The maximum Gasteiger partial charge on any atom is 0.317 e. The van der Waals surface area contributed by atoms with E-state index in [0.29, 0.717) is 51.4 Å². The lowest BCUT2D eigenvalue weighted by Crippen LogP contribution is -2.51. The summed E-state index contributed by atoms with van der Waals surface area (Å²) >= 11 is 0. The van der Waals surface area contributed by atoms with Crippen molar-refractivity contribution in [1.29, 1.82) is 0 Å². The SMILES string of the molecule is CCN(CC)C(=O)c1ccc(CNC(=O)N2CCN(c3ccc([N+](=O)[O-])cc3)CC2)cc1. The van der Waals surface area contributed by atoms with Gasteiger partial charge in [0.05, 0.1) is 4.92 Å². The van der Waals surface area contributed by atoms with E-state index in [9.17, 15) is 19.7 Å². The number of hydrogen-bond donors (Lipinski definition) is 1. The number of nitrogens with zero attached hydrogens (tertiary/aromatic N) is 4. The van der Waals surface area contributed by atoms with Gasteiger partial charge in [0.25, 0.3) is 11.6 Å². The predicted octanol–water partition coefficient (Wildman–Crippen LogP) is 3.11. The summed E-state index contributed by atoms with van der Waals surface area (Å²) in [5.41, 5.74) is 2.55. The number of carbonyl (C=O) groups is 2. The molecule has 0 bridgehead atoms. The number of urea groups is 1. The molecule has 0 unspecified atom stereocenters. The lowest BCUT2D eigenvalue weighted by Gasteiger charge is -2.36. The molecule has 32 heavy (non-hydrogen) atoms. The summed E-state index contributed by atoms with van der Waals surface area (Å²) in [6.07, 6.45) is 0. The molecule has 0 radical (unpaired) electrons. The summed E-state index contributed by atoms with van der Waals surface area (Å²) in [7, 11) is 0. The molecule has 3 rings (SSSR count). The third kappa shape index (κ3) is 5.54. The lowest BCUT2D eigenvalue weighted by atomic mass is 10.1. The number of carbonyl (C=O) groups excluding carboxylic acids is 2. The Morgan fingerprint density at radius 1 is 0.969 bits per heavy atom. The molecule has 1 aliphatic rings. The molecule has 0 aliphatic carbocycles. The van der Waals surface area contributed by atoms with E-state index in [1.165, 1.54) is 12.1 Å². The minimum absolute atomic E-state index is 0.0106. The van der Waals surface area contributed by atoms with Crippen LogP contribution in [-0.2, 0) is 6.54 Å². The summed E-state index contributed by atoms with van der Waals surface area (Å²) < 4.78 is 0. The maximum atomic E-state index is 12.5. The highest BCUT2D eigenvalue weighted by atomic mass is 16.6. The molecular formula is C23H29N5O4. The fourth-order valence-corrected chi connectivity index (χ4v) is 3.70. The second-order valence-corrected chi connectivity index (χ2v) is 7.58. The van der Waals surface area contributed by atoms with E-state index in [0.717, 1.165) is 11.3 Å². The van der Waals surface area contributed by atoms with Crippen molar-refractivity contribution in [3.05, 3.63) is 69.8 Å². The van der Waals surface area contributed by atoms with E-state index in [-0.39, 0.29) is 17.6 Å². The van der Waals surface area contributed by atoms with Crippen LogP contribution in [0.5, 0.6) is 0 Å². The number of piperazine rings is 1. The van der Waals surface area contributed by atoms with Crippen molar-refractivity contribution in [3.8, 4) is 0 Å². The predicted molar refractivity (Wildman–Crippen MR) is 123 cm³/mol. The molecule has 0 saturated carbocycles. The fraction of sp³-hybridized carbons (Fsp3) is 0.391. The van der Waals surface area contributed by atoms with Crippen LogP contribution in [0.25, 0.3) is 0 Å². The van der Waals surface area contributed by atoms with Crippen LogP contribution in [0.2, 0.25) is 0 Å². The first kappa shape index (κ1) is 23.1. The van der Waals surface area contributed by atoms with E-state index in [1.54, 1.807) is 34.1 Å². The number of amides is 3. The van der Waals surface area contributed by atoms with Crippen molar-refractivity contribution in [1.82, 2.24) is 15.1 Å². The number of hydrogen-bond acceptors (Lipinski definition) is 5. The highest BCUT2D eigenvalue weighted by Crippen LogP contribution is 2.20. The number of nitro groups is 1. The van der Waals surface area contributed by atoms with Gasteiger partial charge < -0.3 is 20.0 Å². The molecule has 9 nitrogen and oxygen atoms in total. The van der Waals surface area contributed by atoms with Gasteiger partial charge in [-0.15, -0.1) is 0 Å². The summed E-state index contributed by atoms with van der Waals surface area (Å²) in [5, 5.41) is 13.7. The van der Waals surface area contributed by atoms with Crippen molar-refractivity contribution in [2.24, 2.45) is 0 Å². The average Bonchev–Trinajstić information content (AvgIpc) is 2.83. The zero-order valence-corrected chi connectivity index (χ0v) is 18.5. The Bertz CT molecular complexity index is 934. The quantitative estimate of drug-likeness (QED) is 0.528. The Kier molecular flexibility index (Phi) is 7.64. The number of benzene rings is 2. The highest BCUT2D eigenvalue weighted by molar-refractivity contribution is 5.94. The van der Waals surface area contributed by atoms with E-state index < -0.39 is 4.92 Å². The zero-order valence-electron chi connectivity index (χ0n) is 18.5. The Morgan fingerprint density at radius 3 is 2.09 bits per heavy atom. The van der Waals surface area contributed by atoms with Crippen LogP contribution in [0.4, 0.5) is 16.2 Å². The number of nitrogens with one attached hydrogen (secondary N) is 1.